The van der Waals surface area contributed by atoms with Gasteiger partial charge in [-0.05, 0) is 60.7 Å². The Bertz CT molecular complexity index is 1330. The summed E-state index contributed by atoms with van der Waals surface area (Å²) in [6, 6.07) is 22.0. The maximum absolute atomic E-state index is 14.7. The molecule has 0 unspecified atom stereocenters. The fourth-order valence-electron chi connectivity index (χ4n) is 3.78. The zero-order chi connectivity index (χ0) is 25.5. The summed E-state index contributed by atoms with van der Waals surface area (Å²) in [6.45, 7) is 6.14. The molecule has 0 aliphatic carbocycles. The second kappa shape index (κ2) is 11.6. The fourth-order valence-corrected chi connectivity index (χ4v) is 3.78. The van der Waals surface area contributed by atoms with Gasteiger partial charge in [0, 0.05) is 17.2 Å². The Hall–Kier alpha value is -3.99. The lowest BCUT2D eigenvalue weighted by Crippen LogP contribution is -2.00. The molecule has 184 valence electrons. The molecular weight excluding hydrogens is 461 g/mol. The molecule has 0 amide bonds. The van der Waals surface area contributed by atoms with Crippen LogP contribution in [0.15, 0.2) is 91.5 Å². The molecule has 0 saturated carbocycles. The lowest BCUT2D eigenvalue weighted by molar-refractivity contribution is 0.285. The van der Waals surface area contributed by atoms with Crippen LogP contribution in [0.4, 0.5) is 13.2 Å². The van der Waals surface area contributed by atoms with Crippen LogP contribution in [0.5, 0.6) is 11.5 Å². The first-order valence-electron chi connectivity index (χ1n) is 11.8. The second-order valence-electron chi connectivity index (χ2n) is 8.51. The third kappa shape index (κ3) is 5.98. The van der Waals surface area contributed by atoms with Crippen molar-refractivity contribution < 1.29 is 22.6 Å². The van der Waals surface area contributed by atoms with Crippen molar-refractivity contribution >= 4 is 0 Å². The third-order valence-electron chi connectivity index (χ3n) is 5.83. The van der Waals surface area contributed by atoms with Crippen molar-refractivity contribution in [1.29, 1.82) is 0 Å². The van der Waals surface area contributed by atoms with Gasteiger partial charge in [0.05, 0.1) is 6.61 Å². The largest absolute Gasteiger partial charge is 0.493 e. The molecule has 0 radical (unpaired) electrons. The molecule has 0 aromatic heterocycles. The summed E-state index contributed by atoms with van der Waals surface area (Å²) in [7, 11) is 0. The Morgan fingerprint density at radius 1 is 0.750 bits per heavy atom. The van der Waals surface area contributed by atoms with E-state index in [1.807, 2.05) is 25.1 Å². The molecule has 0 fully saturated rings. The standard InChI is InChI=1S/C31H27F3O2/c1-3-4-5-18-35-25-14-15-26(28(32)19-25)23-12-8-22(9-13-23)20-36-29-17-16-27(30(33)31(29)34)24-10-6-21(2)7-11-24/h3,6-17,19H,1,4-5,18,20H2,2H3. The first-order valence-corrected chi connectivity index (χ1v) is 11.8. The van der Waals surface area contributed by atoms with E-state index in [1.165, 1.54) is 18.2 Å². The number of aryl methyl sites for hydroxylation is 1. The van der Waals surface area contributed by atoms with Gasteiger partial charge in [-0.3, -0.25) is 0 Å². The number of ether oxygens (including phenoxy) is 2. The molecule has 5 heteroatoms. The minimum absolute atomic E-state index is 0.0421. The van der Waals surface area contributed by atoms with Crippen molar-refractivity contribution in [1.82, 2.24) is 0 Å². The molecule has 0 atom stereocenters. The molecule has 0 saturated heterocycles. The lowest BCUT2D eigenvalue weighted by Gasteiger charge is -2.12. The molecular formula is C31H27F3O2. The van der Waals surface area contributed by atoms with Crippen LogP contribution in [0.1, 0.15) is 24.0 Å². The van der Waals surface area contributed by atoms with E-state index in [-0.39, 0.29) is 23.7 Å². The summed E-state index contributed by atoms with van der Waals surface area (Å²) in [5.41, 5.74) is 3.69. The van der Waals surface area contributed by atoms with Crippen LogP contribution < -0.4 is 9.47 Å². The maximum Gasteiger partial charge on any atom is 0.201 e. The number of allylic oxidation sites excluding steroid dienone is 1. The number of rotatable bonds is 10. The van der Waals surface area contributed by atoms with Crippen molar-refractivity contribution in [3.8, 4) is 33.8 Å². The van der Waals surface area contributed by atoms with E-state index in [0.29, 0.717) is 29.0 Å². The normalized spacial score (nSPS) is 10.8. The Morgan fingerprint density at radius 3 is 2.11 bits per heavy atom. The van der Waals surface area contributed by atoms with Gasteiger partial charge in [0.2, 0.25) is 5.82 Å². The van der Waals surface area contributed by atoms with Crippen LogP contribution in [-0.4, -0.2) is 6.61 Å². The van der Waals surface area contributed by atoms with Crippen molar-refractivity contribution in [2.24, 2.45) is 0 Å². The van der Waals surface area contributed by atoms with Gasteiger partial charge < -0.3 is 9.47 Å². The van der Waals surface area contributed by atoms with Gasteiger partial charge in [0.25, 0.3) is 0 Å². The van der Waals surface area contributed by atoms with Gasteiger partial charge in [-0.2, -0.15) is 4.39 Å². The van der Waals surface area contributed by atoms with Crippen LogP contribution in [0.25, 0.3) is 22.3 Å². The quantitative estimate of drug-likeness (QED) is 0.164. The zero-order valence-corrected chi connectivity index (χ0v) is 20.1. The Balaban J connectivity index is 1.40. The molecule has 2 nitrogen and oxygen atoms in total. The molecule has 0 aliphatic heterocycles. The number of unbranched alkanes of at least 4 members (excludes halogenated alkanes) is 1. The van der Waals surface area contributed by atoms with Crippen LogP contribution in [0, 0.1) is 24.4 Å². The third-order valence-corrected chi connectivity index (χ3v) is 5.83. The summed E-state index contributed by atoms with van der Waals surface area (Å²) in [5, 5.41) is 0. The number of halogens is 3. The average Bonchev–Trinajstić information content (AvgIpc) is 2.89. The molecule has 0 spiro atoms. The van der Waals surface area contributed by atoms with Crippen molar-refractivity contribution in [2.75, 3.05) is 6.61 Å². The van der Waals surface area contributed by atoms with Crippen LogP contribution >= 0.6 is 0 Å². The molecule has 0 aliphatic rings. The molecule has 0 N–H and O–H groups in total. The minimum Gasteiger partial charge on any atom is -0.493 e. The van der Waals surface area contributed by atoms with E-state index in [2.05, 4.69) is 6.58 Å². The van der Waals surface area contributed by atoms with E-state index in [9.17, 15) is 13.2 Å². The van der Waals surface area contributed by atoms with Gasteiger partial charge in [-0.25, -0.2) is 8.78 Å². The van der Waals surface area contributed by atoms with E-state index in [1.54, 1.807) is 48.5 Å². The monoisotopic (exact) mass is 488 g/mol. The molecule has 4 rings (SSSR count). The average molecular weight is 489 g/mol. The van der Waals surface area contributed by atoms with Crippen molar-refractivity contribution in [2.45, 2.75) is 26.4 Å². The number of hydrogen-bond acceptors (Lipinski definition) is 2. The first-order chi connectivity index (χ1) is 17.5. The highest BCUT2D eigenvalue weighted by atomic mass is 19.2. The van der Waals surface area contributed by atoms with E-state index >= 15 is 0 Å². The minimum atomic E-state index is -1.03. The molecule has 4 aromatic carbocycles. The van der Waals surface area contributed by atoms with E-state index in [0.717, 1.165) is 24.0 Å². The SMILES string of the molecule is C=CCCCOc1ccc(-c2ccc(COc3ccc(-c4ccc(C)cc4)c(F)c3F)cc2)c(F)c1. The molecule has 4 aromatic rings. The predicted molar refractivity (Wildman–Crippen MR) is 138 cm³/mol. The summed E-state index contributed by atoms with van der Waals surface area (Å²) >= 11 is 0. The van der Waals surface area contributed by atoms with E-state index < -0.39 is 11.6 Å². The van der Waals surface area contributed by atoms with Gasteiger partial charge in [0.1, 0.15) is 18.2 Å². The smallest absolute Gasteiger partial charge is 0.201 e. The maximum atomic E-state index is 14.7. The number of hydrogen-bond donors (Lipinski definition) is 0. The zero-order valence-electron chi connectivity index (χ0n) is 20.1. The highest BCUT2D eigenvalue weighted by Crippen LogP contribution is 2.31. The Labute approximate surface area is 209 Å². The van der Waals surface area contributed by atoms with Gasteiger partial charge in [0.15, 0.2) is 11.6 Å². The predicted octanol–water partition coefficient (Wildman–Crippen LogP) is 8.67. The molecule has 0 bridgehead atoms. The fraction of sp³-hybridized carbons (Fsp3) is 0.161. The van der Waals surface area contributed by atoms with Crippen LogP contribution in [-0.2, 0) is 6.61 Å². The highest BCUT2D eigenvalue weighted by Gasteiger charge is 2.16. The lowest BCUT2D eigenvalue weighted by atomic mass is 10.0. The summed E-state index contributed by atoms with van der Waals surface area (Å²) in [4.78, 5) is 0. The van der Waals surface area contributed by atoms with Crippen LogP contribution in [0.2, 0.25) is 0 Å². The topological polar surface area (TPSA) is 18.5 Å². The van der Waals surface area contributed by atoms with Crippen LogP contribution in [0.3, 0.4) is 0 Å². The second-order valence-corrected chi connectivity index (χ2v) is 8.51. The Morgan fingerprint density at radius 2 is 1.42 bits per heavy atom. The molecule has 36 heavy (non-hydrogen) atoms. The summed E-state index contributed by atoms with van der Waals surface area (Å²) in [5.74, 6) is -2.05. The summed E-state index contributed by atoms with van der Waals surface area (Å²) in [6.07, 6.45) is 3.49. The first kappa shape index (κ1) is 25.1. The van der Waals surface area contributed by atoms with Crippen molar-refractivity contribution in [3.63, 3.8) is 0 Å². The highest BCUT2D eigenvalue weighted by molar-refractivity contribution is 5.66. The molecule has 0 heterocycles. The number of benzene rings is 4. The van der Waals surface area contributed by atoms with E-state index in [4.69, 9.17) is 9.47 Å². The van der Waals surface area contributed by atoms with Gasteiger partial charge in [-0.15, -0.1) is 6.58 Å². The van der Waals surface area contributed by atoms with Gasteiger partial charge >= 0.3 is 0 Å². The van der Waals surface area contributed by atoms with Gasteiger partial charge in [-0.1, -0.05) is 60.2 Å². The van der Waals surface area contributed by atoms with Crippen molar-refractivity contribution in [3.05, 3.63) is 120 Å². The Kier molecular flexibility index (Phi) is 8.11. The summed E-state index contributed by atoms with van der Waals surface area (Å²) < 4.78 is 55.1.